The minimum absolute atomic E-state index is 0. The van der Waals surface area contributed by atoms with Gasteiger partial charge in [0.2, 0.25) is 0 Å². The highest BCUT2D eigenvalue weighted by Gasteiger charge is 2.25. The lowest BCUT2D eigenvalue weighted by atomic mass is 10.00. The van der Waals surface area contributed by atoms with Crippen LogP contribution in [0.15, 0.2) is 165 Å². The number of hydrogen-bond donors (Lipinski definition) is 2. The number of rotatable bonds is 24. The van der Waals surface area contributed by atoms with Gasteiger partial charge >= 0.3 is 0 Å². The Morgan fingerprint density at radius 1 is 0.527 bits per heavy atom. The van der Waals surface area contributed by atoms with E-state index in [1.807, 2.05) is 119 Å². The molecule has 3 fully saturated rings. The first-order valence-corrected chi connectivity index (χ1v) is 37.3. The SMILES string of the molecule is C.C.COc1cc(OC)cc(N(CCN2CCCC(C#N)C2)c2ccc3ncc(-c4cnn(C)c4)nc3c2)c1.COc1ccc(Cl)c(N(CCNC(C)C)c2ccc3ncc(-c4cnn(C5CCCCO5)c4)nc3c2)c1.COc1ccc(Cl)c(N(CCO)c2ccc3ncc(-c4cnn(C5CCCCO5)c4)nc3c2)c1. The average molecular weight is 1530 g/mol. The predicted octanol–water partition coefficient (Wildman–Crippen LogP) is 16.7. The fourth-order valence-corrected chi connectivity index (χ4v) is 14.0. The average Bonchev–Trinajstić information content (AvgIpc) is 1.07. The van der Waals surface area contributed by atoms with Crippen LogP contribution in [-0.2, 0) is 16.5 Å². The van der Waals surface area contributed by atoms with Crippen LogP contribution >= 0.6 is 23.2 Å². The predicted molar refractivity (Wildman–Crippen MR) is 436 cm³/mol. The maximum absolute atomic E-state index is 9.73. The summed E-state index contributed by atoms with van der Waals surface area (Å²) in [6, 6.07) is 37.9. The van der Waals surface area contributed by atoms with Gasteiger partial charge in [0.15, 0.2) is 0 Å². The Morgan fingerprint density at radius 2 is 1.00 bits per heavy atom. The molecule has 25 nitrogen and oxygen atoms in total. The van der Waals surface area contributed by atoms with Crippen molar-refractivity contribution in [1.29, 1.82) is 5.26 Å². The van der Waals surface area contributed by atoms with Crippen LogP contribution in [0.4, 0.5) is 34.1 Å². The lowest BCUT2D eigenvalue weighted by Crippen LogP contribution is -2.39. The maximum Gasteiger partial charge on any atom is 0.150 e. The number of nitrogens with zero attached hydrogens (tertiary/aromatic N) is 17. The number of nitrogens with one attached hydrogen (secondary N) is 1. The lowest BCUT2D eigenvalue weighted by Gasteiger charge is -2.33. The Hall–Kier alpha value is -10.6. The van der Waals surface area contributed by atoms with Crippen molar-refractivity contribution in [3.8, 4) is 62.8 Å². The molecular weight excluding hydrogens is 1430 g/mol. The van der Waals surface area contributed by atoms with Gasteiger partial charge in [0.1, 0.15) is 35.5 Å². The minimum atomic E-state index is -0.0419. The molecule has 0 aliphatic carbocycles. The van der Waals surface area contributed by atoms with Crippen molar-refractivity contribution in [2.24, 2.45) is 13.0 Å². The van der Waals surface area contributed by atoms with E-state index in [0.717, 1.165) is 222 Å². The topological polar surface area (TPSA) is 255 Å². The van der Waals surface area contributed by atoms with E-state index < -0.39 is 0 Å². The van der Waals surface area contributed by atoms with Crippen molar-refractivity contribution in [3.05, 3.63) is 175 Å². The molecule has 0 amide bonds. The fourth-order valence-electron chi connectivity index (χ4n) is 13.6. The van der Waals surface area contributed by atoms with E-state index in [1.165, 1.54) is 0 Å². The zero-order valence-corrected chi connectivity index (χ0v) is 63.4. The fraction of sp³-hybridized carbons (Fsp3) is 0.373. The number of likely N-dealkylation sites (tertiary alicyclic amines) is 1. The van der Waals surface area contributed by atoms with Gasteiger partial charge in [-0.2, -0.15) is 20.6 Å². The number of benzene rings is 6. The molecule has 110 heavy (non-hydrogen) atoms. The summed E-state index contributed by atoms with van der Waals surface area (Å²) in [5.74, 6) is 2.98. The second-order valence-corrected chi connectivity index (χ2v) is 27.8. The quantitative estimate of drug-likeness (QED) is 0.0570. The molecule has 2 N–H and O–H groups in total. The molecule has 12 aromatic rings. The van der Waals surface area contributed by atoms with Crippen LogP contribution in [0.25, 0.3) is 66.9 Å². The molecule has 15 rings (SSSR count). The molecule has 6 aromatic heterocycles. The third-order valence-electron chi connectivity index (χ3n) is 19.3. The number of aromatic nitrogens is 12. The summed E-state index contributed by atoms with van der Waals surface area (Å²) in [7, 11) is 8.47. The highest BCUT2D eigenvalue weighted by atomic mass is 35.5. The molecular formula is C83H98Cl2N18O7. The van der Waals surface area contributed by atoms with E-state index in [9.17, 15) is 10.4 Å². The van der Waals surface area contributed by atoms with E-state index >= 15 is 0 Å². The highest BCUT2D eigenvalue weighted by Crippen LogP contribution is 2.40. The number of nitriles is 1. The first-order chi connectivity index (χ1) is 52.7. The summed E-state index contributed by atoms with van der Waals surface area (Å²) in [5.41, 5.74) is 15.2. The van der Waals surface area contributed by atoms with E-state index in [4.69, 9.17) is 66.6 Å². The van der Waals surface area contributed by atoms with Gasteiger partial charge in [-0.3, -0.25) is 19.6 Å². The van der Waals surface area contributed by atoms with E-state index in [-0.39, 0.29) is 39.8 Å². The maximum atomic E-state index is 9.73. The number of piperidine rings is 1. The molecule has 3 unspecified atom stereocenters. The van der Waals surface area contributed by atoms with Crippen molar-refractivity contribution in [2.45, 2.75) is 98.6 Å². The number of hydrogen-bond acceptors (Lipinski definition) is 22. The number of aliphatic hydroxyl groups is 1. The van der Waals surface area contributed by atoms with Crippen LogP contribution < -0.4 is 39.0 Å². The highest BCUT2D eigenvalue weighted by molar-refractivity contribution is 6.34. The number of aryl methyl sites for hydroxylation is 1. The van der Waals surface area contributed by atoms with Gasteiger partial charge in [-0.15, -0.1) is 0 Å². The number of halogens is 2. The van der Waals surface area contributed by atoms with Crippen LogP contribution in [0, 0.1) is 17.2 Å². The van der Waals surface area contributed by atoms with E-state index in [2.05, 4.69) is 94.4 Å². The van der Waals surface area contributed by atoms with Gasteiger partial charge in [0.05, 0.1) is 156 Å². The van der Waals surface area contributed by atoms with Crippen LogP contribution in [0.5, 0.6) is 23.0 Å². The molecule has 3 aliphatic heterocycles. The Bertz CT molecular complexity index is 5040. The molecule has 3 aliphatic rings. The zero-order chi connectivity index (χ0) is 75.0. The van der Waals surface area contributed by atoms with Crippen molar-refractivity contribution in [1.82, 2.24) is 69.5 Å². The summed E-state index contributed by atoms with van der Waals surface area (Å²) in [6.07, 6.45) is 25.1. The molecule has 0 spiro atoms. The summed E-state index contributed by atoms with van der Waals surface area (Å²) >= 11 is 13.2. The number of ether oxygens (including phenoxy) is 6. The number of aliphatic hydroxyl groups excluding tert-OH is 1. The number of fused-ring (bicyclic) bond motifs is 3. The van der Waals surface area contributed by atoms with Gasteiger partial charge in [-0.05, 0) is 137 Å². The van der Waals surface area contributed by atoms with Crippen molar-refractivity contribution in [2.75, 3.05) is 109 Å². The Labute approximate surface area is 653 Å². The molecule has 3 atom stereocenters. The van der Waals surface area contributed by atoms with Crippen LogP contribution in [-0.4, -0.2) is 169 Å². The summed E-state index contributed by atoms with van der Waals surface area (Å²) in [6.45, 7) is 11.0. The monoisotopic (exact) mass is 1530 g/mol. The third kappa shape index (κ3) is 19.7. The van der Waals surface area contributed by atoms with Crippen molar-refractivity contribution < 1.29 is 33.5 Å². The Balaban J connectivity index is 0.000000162. The molecule has 3 saturated heterocycles. The number of anilines is 6. The van der Waals surface area contributed by atoms with Gasteiger partial charge in [0.25, 0.3) is 0 Å². The first-order valence-electron chi connectivity index (χ1n) is 36.5. The van der Waals surface area contributed by atoms with Crippen molar-refractivity contribution in [3.63, 3.8) is 0 Å². The molecule has 0 bridgehead atoms. The van der Waals surface area contributed by atoms with Gasteiger partial charge in [0, 0.05) is 154 Å². The van der Waals surface area contributed by atoms with Gasteiger partial charge < -0.3 is 58.4 Å². The summed E-state index contributed by atoms with van der Waals surface area (Å²) < 4.78 is 39.2. The van der Waals surface area contributed by atoms with Crippen LogP contribution in [0.1, 0.15) is 92.5 Å². The smallest absolute Gasteiger partial charge is 0.150 e. The zero-order valence-electron chi connectivity index (χ0n) is 61.9. The second-order valence-electron chi connectivity index (χ2n) is 27.0. The molecule has 0 saturated carbocycles. The standard InChI is InChI=1S/C28H33ClN6O2.C28H31N7O2.C25H26ClN5O3.2CH4/c1-19(2)30-11-12-34(27-15-22(36-3)8-9-23(27)29)21-7-10-24-25(14-21)33-26(17-31-24)20-16-32-35(18-20)28-6-4-5-13-37-28;1-33-19-21(16-31-33)28-17-30-26-7-6-22(13-27(26)32-28)35(10-9-34-8-4-5-20(15-29)18-34)23-11-24(36-2)14-25(12-23)37-3;1-33-19-6-7-20(26)24(13-19)30(9-10-32)18-5-8-21-22(12-18)29-23(15-27-21)17-14-28-31(16-17)25-4-2-3-11-34-25;;/h7-10,14-19,28,30H,4-6,11-13H2,1-3H3;6-7,11-14,16-17,19-20H,4-5,8-10,18H2,1-3H3;5-8,12-16,25,32H,2-4,9-11H2,1H3;2*1H4. The van der Waals surface area contributed by atoms with Crippen molar-refractivity contribution >= 4 is 90.4 Å². The number of methoxy groups -OCH3 is 4. The normalized spacial score (nSPS) is 15.6. The lowest BCUT2D eigenvalue weighted by molar-refractivity contribution is -0.0395. The molecule has 576 valence electrons. The molecule has 27 heteroatoms. The summed E-state index contributed by atoms with van der Waals surface area (Å²) in [5, 5.41) is 37.2. The minimum Gasteiger partial charge on any atom is -0.497 e. The Kier molecular flexibility index (Phi) is 27.9. The van der Waals surface area contributed by atoms with E-state index in [0.29, 0.717) is 28.4 Å². The molecule has 0 radical (unpaired) electrons. The molecule has 9 heterocycles. The first kappa shape index (κ1) is 80.5. The van der Waals surface area contributed by atoms with Gasteiger partial charge in [-0.1, -0.05) is 51.9 Å². The van der Waals surface area contributed by atoms with E-state index in [1.54, 1.807) is 76.2 Å². The van der Waals surface area contributed by atoms with Gasteiger partial charge in [-0.25, -0.2) is 24.3 Å². The Morgan fingerprint density at radius 3 is 1.44 bits per heavy atom. The van der Waals surface area contributed by atoms with Crippen LogP contribution in [0.2, 0.25) is 10.0 Å². The molecule has 6 aromatic carbocycles. The summed E-state index contributed by atoms with van der Waals surface area (Å²) in [4.78, 5) is 37.4. The largest absolute Gasteiger partial charge is 0.497 e. The van der Waals surface area contributed by atoms with Crippen LogP contribution in [0.3, 0.4) is 0 Å². The second kappa shape index (κ2) is 38.2. The third-order valence-corrected chi connectivity index (χ3v) is 19.9.